The third-order valence-corrected chi connectivity index (χ3v) is 3.37. The molecule has 1 aromatic rings. The molecule has 108 valence electrons. The maximum absolute atomic E-state index is 12.8. The number of aliphatic hydroxyl groups is 1. The first kappa shape index (κ1) is 14.7. The lowest BCUT2D eigenvalue weighted by atomic mass is 9.95. The Bertz CT molecular complexity index is 522. The second-order valence-corrected chi connectivity index (χ2v) is 4.83. The number of aliphatic hydroxyl groups excluding tert-OH is 1. The highest BCUT2D eigenvalue weighted by Gasteiger charge is 2.34. The van der Waals surface area contributed by atoms with Crippen molar-refractivity contribution in [2.45, 2.75) is 44.1 Å². The first-order valence-electron chi connectivity index (χ1n) is 6.38. The van der Waals surface area contributed by atoms with E-state index in [1.165, 1.54) is 12.1 Å². The second kappa shape index (κ2) is 5.71. The molecule has 0 unspecified atom stereocenters. The summed E-state index contributed by atoms with van der Waals surface area (Å²) < 4.78 is 43.9. The zero-order chi connectivity index (χ0) is 14.8. The molecule has 1 aromatic carbocycles. The van der Waals surface area contributed by atoms with Crippen LogP contribution in [0.25, 0.3) is 0 Å². The van der Waals surface area contributed by atoms with Gasteiger partial charge >= 0.3 is 6.18 Å². The van der Waals surface area contributed by atoms with E-state index < -0.39 is 29.5 Å². The largest absolute Gasteiger partial charge is 0.488 e. The van der Waals surface area contributed by atoms with Crippen molar-refractivity contribution in [1.82, 2.24) is 0 Å². The minimum atomic E-state index is -4.60. The van der Waals surface area contributed by atoms with Crippen LogP contribution in [-0.4, -0.2) is 17.3 Å². The molecular weight excluding hydrogens is 271 g/mol. The lowest BCUT2D eigenvalue weighted by Gasteiger charge is -2.28. The van der Waals surface area contributed by atoms with Gasteiger partial charge in [0.05, 0.1) is 23.3 Å². The van der Waals surface area contributed by atoms with Gasteiger partial charge in [0.1, 0.15) is 11.9 Å². The number of benzene rings is 1. The molecule has 1 saturated carbocycles. The summed E-state index contributed by atoms with van der Waals surface area (Å²) in [4.78, 5) is 0. The van der Waals surface area contributed by atoms with Gasteiger partial charge in [-0.1, -0.05) is 6.42 Å². The Labute approximate surface area is 114 Å². The van der Waals surface area contributed by atoms with Gasteiger partial charge in [0.25, 0.3) is 0 Å². The van der Waals surface area contributed by atoms with Gasteiger partial charge in [0.2, 0.25) is 0 Å². The first-order valence-corrected chi connectivity index (χ1v) is 6.38. The topological polar surface area (TPSA) is 53.2 Å². The van der Waals surface area contributed by atoms with Crippen LogP contribution in [0, 0.1) is 11.3 Å². The van der Waals surface area contributed by atoms with E-state index >= 15 is 0 Å². The minimum Gasteiger partial charge on any atom is -0.488 e. The molecule has 0 bridgehead atoms. The average molecular weight is 285 g/mol. The third-order valence-electron chi connectivity index (χ3n) is 3.37. The Hall–Kier alpha value is -1.74. The molecule has 1 aliphatic carbocycles. The fraction of sp³-hybridized carbons (Fsp3) is 0.500. The molecule has 0 heterocycles. The van der Waals surface area contributed by atoms with Crippen LogP contribution in [-0.2, 0) is 6.18 Å². The smallest absolute Gasteiger partial charge is 0.417 e. The number of rotatable bonds is 2. The molecule has 1 fully saturated rings. The summed E-state index contributed by atoms with van der Waals surface area (Å²) in [5.74, 6) is 0.0299. The molecule has 0 aromatic heterocycles. The summed E-state index contributed by atoms with van der Waals surface area (Å²) in [6.07, 6.45) is -2.77. The normalized spacial score (nSPS) is 23.1. The van der Waals surface area contributed by atoms with E-state index in [1.54, 1.807) is 0 Å². The zero-order valence-corrected chi connectivity index (χ0v) is 10.7. The molecular formula is C14H14F3NO2. The van der Waals surface area contributed by atoms with Crippen LogP contribution >= 0.6 is 0 Å². The van der Waals surface area contributed by atoms with Crippen molar-refractivity contribution in [3.05, 3.63) is 29.3 Å². The molecule has 0 spiro atoms. The summed E-state index contributed by atoms with van der Waals surface area (Å²) in [7, 11) is 0. The lowest BCUT2D eigenvalue weighted by Crippen LogP contribution is -2.34. The maximum atomic E-state index is 12.8. The number of hydrogen-bond donors (Lipinski definition) is 1. The van der Waals surface area contributed by atoms with Crippen molar-refractivity contribution < 1.29 is 23.0 Å². The number of hydrogen-bond acceptors (Lipinski definition) is 3. The zero-order valence-electron chi connectivity index (χ0n) is 10.7. The summed E-state index contributed by atoms with van der Waals surface area (Å²) in [6, 6.07) is 4.76. The van der Waals surface area contributed by atoms with E-state index in [2.05, 4.69) is 0 Å². The molecule has 20 heavy (non-hydrogen) atoms. The summed E-state index contributed by atoms with van der Waals surface area (Å²) >= 11 is 0. The molecule has 0 radical (unpaired) electrons. The van der Waals surface area contributed by atoms with Crippen molar-refractivity contribution in [2.24, 2.45) is 0 Å². The number of halogens is 3. The average Bonchev–Trinajstić information content (AvgIpc) is 2.40. The van der Waals surface area contributed by atoms with Gasteiger partial charge in [-0.3, -0.25) is 0 Å². The summed E-state index contributed by atoms with van der Waals surface area (Å²) in [5.41, 5.74) is -1.45. The van der Waals surface area contributed by atoms with Crippen LogP contribution in [0.4, 0.5) is 13.2 Å². The van der Waals surface area contributed by atoms with Gasteiger partial charge in [-0.25, -0.2) is 0 Å². The van der Waals surface area contributed by atoms with E-state index in [4.69, 9.17) is 10.00 Å². The molecule has 6 heteroatoms. The maximum Gasteiger partial charge on any atom is 0.417 e. The highest BCUT2D eigenvalue weighted by atomic mass is 19.4. The van der Waals surface area contributed by atoms with Crippen molar-refractivity contribution in [1.29, 1.82) is 5.26 Å². The SMILES string of the molecule is N#Cc1ccc(O[C@H]2CCCC[C@@H]2O)cc1C(F)(F)F. The number of ether oxygens (including phenoxy) is 1. The van der Waals surface area contributed by atoms with Crippen LogP contribution in [0.2, 0.25) is 0 Å². The molecule has 1 aliphatic rings. The number of alkyl halides is 3. The van der Waals surface area contributed by atoms with Crippen LogP contribution < -0.4 is 4.74 Å². The monoisotopic (exact) mass is 285 g/mol. The van der Waals surface area contributed by atoms with Crippen LogP contribution in [0.3, 0.4) is 0 Å². The Morgan fingerprint density at radius 3 is 2.55 bits per heavy atom. The number of nitrogens with zero attached hydrogens (tertiary/aromatic N) is 1. The molecule has 2 rings (SSSR count). The molecule has 0 saturated heterocycles. The molecule has 0 amide bonds. The van der Waals surface area contributed by atoms with Crippen LogP contribution in [0.15, 0.2) is 18.2 Å². The van der Waals surface area contributed by atoms with E-state index in [0.717, 1.165) is 25.0 Å². The molecule has 0 aliphatic heterocycles. The first-order chi connectivity index (χ1) is 9.41. The van der Waals surface area contributed by atoms with Gasteiger partial charge < -0.3 is 9.84 Å². The fourth-order valence-corrected chi connectivity index (χ4v) is 2.32. The highest BCUT2D eigenvalue weighted by Crippen LogP contribution is 2.35. The molecule has 1 N–H and O–H groups in total. The van der Waals surface area contributed by atoms with Crippen molar-refractivity contribution in [3.8, 4) is 11.8 Å². The Kier molecular flexibility index (Phi) is 4.19. The van der Waals surface area contributed by atoms with Crippen LogP contribution in [0.1, 0.15) is 36.8 Å². The van der Waals surface area contributed by atoms with Crippen LogP contribution in [0.5, 0.6) is 5.75 Å². The van der Waals surface area contributed by atoms with Crippen molar-refractivity contribution in [3.63, 3.8) is 0 Å². The predicted octanol–water partition coefficient (Wildman–Crippen LogP) is 3.26. The van der Waals surface area contributed by atoms with Gasteiger partial charge in [-0.15, -0.1) is 0 Å². The minimum absolute atomic E-state index is 0.0299. The van der Waals surface area contributed by atoms with Crippen molar-refractivity contribution in [2.75, 3.05) is 0 Å². The molecule has 3 nitrogen and oxygen atoms in total. The van der Waals surface area contributed by atoms with E-state index in [9.17, 15) is 18.3 Å². The highest BCUT2D eigenvalue weighted by molar-refractivity contribution is 5.44. The quantitative estimate of drug-likeness (QED) is 0.907. The van der Waals surface area contributed by atoms with Crippen molar-refractivity contribution >= 4 is 0 Å². The third kappa shape index (κ3) is 3.23. The van der Waals surface area contributed by atoms with E-state index in [1.807, 2.05) is 0 Å². The Morgan fingerprint density at radius 2 is 1.95 bits per heavy atom. The summed E-state index contributed by atoms with van der Waals surface area (Å²) in [5, 5.41) is 18.5. The van der Waals surface area contributed by atoms with Gasteiger partial charge in [0.15, 0.2) is 0 Å². The predicted molar refractivity (Wildman–Crippen MR) is 65.0 cm³/mol. The van der Waals surface area contributed by atoms with Gasteiger partial charge in [0, 0.05) is 0 Å². The van der Waals surface area contributed by atoms with E-state index in [-0.39, 0.29) is 5.75 Å². The second-order valence-electron chi connectivity index (χ2n) is 4.83. The van der Waals surface area contributed by atoms with Gasteiger partial charge in [-0.2, -0.15) is 18.4 Å². The van der Waals surface area contributed by atoms with E-state index in [0.29, 0.717) is 12.8 Å². The Balaban J connectivity index is 2.23. The lowest BCUT2D eigenvalue weighted by molar-refractivity contribution is -0.138. The number of nitriles is 1. The molecule has 2 atom stereocenters. The standard InChI is InChI=1S/C14H14F3NO2/c15-14(16,17)11-7-10(6-5-9(11)8-18)20-13-4-2-1-3-12(13)19/h5-7,12-13,19H,1-4H2/t12-,13-/m0/s1. The fourth-order valence-electron chi connectivity index (χ4n) is 2.32. The van der Waals surface area contributed by atoms with Gasteiger partial charge in [-0.05, 0) is 37.5 Å². The summed E-state index contributed by atoms with van der Waals surface area (Å²) in [6.45, 7) is 0. The Morgan fingerprint density at radius 1 is 1.25 bits per heavy atom.